The zero-order valence-electron chi connectivity index (χ0n) is 12.7. The number of amidine groups is 2. The van der Waals surface area contributed by atoms with Gasteiger partial charge in [-0.3, -0.25) is 16.6 Å². The zero-order valence-corrected chi connectivity index (χ0v) is 12.7. The van der Waals surface area contributed by atoms with Gasteiger partial charge in [-0.15, -0.1) is 0 Å². The van der Waals surface area contributed by atoms with Crippen LogP contribution in [0.4, 0.5) is 0 Å². The standard InChI is InChI=1S/C18H22N4/c19-17(20)11-15-7-3-13(4-8-15)1-2-14-5-9-16(10-6-14)12-18(21)22/h3-10H,1-2,11-12H2,(H3,19,20)(H3,21,22)/p+1. The van der Waals surface area contributed by atoms with Crippen molar-refractivity contribution in [1.82, 2.24) is 0 Å². The molecule has 0 fully saturated rings. The van der Waals surface area contributed by atoms with Gasteiger partial charge in [-0.05, 0) is 35.1 Å². The van der Waals surface area contributed by atoms with E-state index in [1.807, 2.05) is 12.1 Å². The third-order valence-corrected chi connectivity index (χ3v) is 3.55. The highest BCUT2D eigenvalue weighted by Gasteiger charge is 2.01. The molecule has 0 aromatic heterocycles. The molecule has 2 aromatic rings. The van der Waals surface area contributed by atoms with Gasteiger partial charge in [0, 0.05) is 6.42 Å². The largest absolute Gasteiger partial charge is 0.387 e. The van der Waals surface area contributed by atoms with Crippen LogP contribution in [0.1, 0.15) is 22.3 Å². The molecule has 4 heteroatoms. The summed E-state index contributed by atoms with van der Waals surface area (Å²) in [4.78, 5) is 0. The van der Waals surface area contributed by atoms with E-state index in [2.05, 4.69) is 36.4 Å². The fraction of sp³-hybridized carbons (Fsp3) is 0.222. The van der Waals surface area contributed by atoms with E-state index in [0.717, 1.165) is 24.0 Å². The van der Waals surface area contributed by atoms with Crippen LogP contribution < -0.4 is 16.9 Å². The fourth-order valence-corrected chi connectivity index (χ4v) is 2.39. The second-order valence-electron chi connectivity index (χ2n) is 5.59. The van der Waals surface area contributed by atoms with Gasteiger partial charge in [-0.25, -0.2) is 0 Å². The molecule has 0 aliphatic rings. The predicted molar refractivity (Wildman–Crippen MR) is 90.7 cm³/mol. The van der Waals surface area contributed by atoms with Gasteiger partial charge in [-0.2, -0.15) is 0 Å². The SMILES string of the molecule is N=C(N)Cc1ccc(CCc2ccc(CC(N)=[NH2+])cc2)cc1. The smallest absolute Gasteiger partial charge is 0.242 e. The minimum atomic E-state index is 0.197. The van der Waals surface area contributed by atoms with Crippen molar-refractivity contribution in [2.45, 2.75) is 25.7 Å². The zero-order chi connectivity index (χ0) is 15.9. The maximum absolute atomic E-state index is 7.30. The molecule has 0 atom stereocenters. The summed E-state index contributed by atoms with van der Waals surface area (Å²) in [5.74, 6) is 0.640. The molecule has 0 aliphatic carbocycles. The first-order valence-electron chi connectivity index (χ1n) is 7.38. The van der Waals surface area contributed by atoms with Crippen LogP contribution in [0.5, 0.6) is 0 Å². The number of benzene rings is 2. The van der Waals surface area contributed by atoms with Crippen molar-refractivity contribution in [2.75, 3.05) is 0 Å². The molecule has 0 radical (unpaired) electrons. The first kappa shape index (κ1) is 15.8. The normalized spacial score (nSPS) is 10.4. The van der Waals surface area contributed by atoms with Gasteiger partial charge >= 0.3 is 0 Å². The van der Waals surface area contributed by atoms with Gasteiger partial charge in [0.15, 0.2) is 0 Å². The van der Waals surface area contributed by atoms with E-state index in [0.29, 0.717) is 18.7 Å². The van der Waals surface area contributed by atoms with Crippen molar-refractivity contribution in [3.05, 3.63) is 70.8 Å². The van der Waals surface area contributed by atoms with Crippen LogP contribution in [-0.2, 0) is 25.7 Å². The first-order chi connectivity index (χ1) is 10.5. The third-order valence-electron chi connectivity index (χ3n) is 3.55. The van der Waals surface area contributed by atoms with Crippen LogP contribution in [0.25, 0.3) is 0 Å². The Morgan fingerprint density at radius 3 is 1.45 bits per heavy atom. The summed E-state index contributed by atoms with van der Waals surface area (Å²) >= 11 is 0. The average Bonchev–Trinajstić information content (AvgIpc) is 2.47. The average molecular weight is 295 g/mol. The lowest BCUT2D eigenvalue weighted by molar-refractivity contribution is -0.117. The van der Waals surface area contributed by atoms with Gasteiger partial charge in [0.25, 0.3) is 0 Å². The van der Waals surface area contributed by atoms with Crippen LogP contribution in [-0.4, -0.2) is 11.7 Å². The van der Waals surface area contributed by atoms with E-state index in [-0.39, 0.29) is 5.84 Å². The molecule has 7 N–H and O–H groups in total. The summed E-state index contributed by atoms with van der Waals surface area (Å²) in [6, 6.07) is 16.7. The fourth-order valence-electron chi connectivity index (χ4n) is 2.39. The van der Waals surface area contributed by atoms with Crippen LogP contribution in [0.15, 0.2) is 48.5 Å². The second-order valence-corrected chi connectivity index (χ2v) is 5.59. The van der Waals surface area contributed by atoms with E-state index in [4.69, 9.17) is 22.3 Å². The second kappa shape index (κ2) is 7.41. The first-order valence-corrected chi connectivity index (χ1v) is 7.38. The molecule has 22 heavy (non-hydrogen) atoms. The number of nitrogens with two attached hydrogens (primary N) is 3. The van der Waals surface area contributed by atoms with Crippen LogP contribution in [0, 0.1) is 5.41 Å². The van der Waals surface area contributed by atoms with Crippen molar-refractivity contribution < 1.29 is 5.41 Å². The van der Waals surface area contributed by atoms with E-state index in [1.165, 1.54) is 11.1 Å². The lowest BCUT2D eigenvalue weighted by Crippen LogP contribution is -2.46. The van der Waals surface area contributed by atoms with Crippen LogP contribution in [0.2, 0.25) is 0 Å². The molecular weight excluding hydrogens is 272 g/mol. The molecular formula is C18H23N4+. The minimum absolute atomic E-state index is 0.197. The Morgan fingerprint density at radius 2 is 1.09 bits per heavy atom. The molecule has 0 amide bonds. The Hall–Kier alpha value is -2.62. The quantitative estimate of drug-likeness (QED) is 0.444. The molecule has 0 aliphatic heterocycles. The molecule has 0 saturated heterocycles. The van der Waals surface area contributed by atoms with Crippen molar-refractivity contribution in [3.8, 4) is 0 Å². The summed E-state index contributed by atoms with van der Waals surface area (Å²) in [6.07, 6.45) is 3.12. The lowest BCUT2D eigenvalue weighted by Gasteiger charge is -2.05. The summed E-state index contributed by atoms with van der Waals surface area (Å²) in [5.41, 5.74) is 15.7. The Morgan fingerprint density at radius 1 is 0.727 bits per heavy atom. The Kier molecular flexibility index (Phi) is 5.31. The molecule has 0 spiro atoms. The van der Waals surface area contributed by atoms with Crippen molar-refractivity contribution in [2.24, 2.45) is 11.5 Å². The third kappa shape index (κ3) is 5.05. The van der Waals surface area contributed by atoms with Gasteiger partial charge in [0.1, 0.15) is 0 Å². The van der Waals surface area contributed by atoms with E-state index in [9.17, 15) is 0 Å². The topological polar surface area (TPSA) is 101 Å². The number of hydrogen-bond acceptors (Lipinski definition) is 1. The summed E-state index contributed by atoms with van der Waals surface area (Å²) in [6.45, 7) is 0. The predicted octanol–water partition coefficient (Wildman–Crippen LogP) is 0.609. The maximum Gasteiger partial charge on any atom is 0.242 e. The number of rotatable bonds is 7. The monoisotopic (exact) mass is 295 g/mol. The molecule has 0 saturated carbocycles. The van der Waals surface area contributed by atoms with E-state index >= 15 is 0 Å². The highest BCUT2D eigenvalue weighted by molar-refractivity contribution is 5.79. The summed E-state index contributed by atoms with van der Waals surface area (Å²) < 4.78 is 0. The minimum Gasteiger partial charge on any atom is -0.387 e. The van der Waals surface area contributed by atoms with Gasteiger partial charge in [0.2, 0.25) is 5.84 Å². The molecule has 4 nitrogen and oxygen atoms in total. The Bertz CT molecular complexity index is 582. The van der Waals surface area contributed by atoms with Gasteiger partial charge in [-0.1, -0.05) is 48.5 Å². The van der Waals surface area contributed by atoms with E-state index in [1.54, 1.807) is 0 Å². The molecule has 2 rings (SSSR count). The van der Waals surface area contributed by atoms with E-state index < -0.39 is 0 Å². The highest BCUT2D eigenvalue weighted by Crippen LogP contribution is 2.11. The van der Waals surface area contributed by atoms with Crippen LogP contribution in [0.3, 0.4) is 0 Å². The lowest BCUT2D eigenvalue weighted by atomic mass is 10.0. The van der Waals surface area contributed by atoms with Crippen molar-refractivity contribution in [1.29, 1.82) is 5.41 Å². The number of hydrogen-bond donors (Lipinski definition) is 4. The number of aryl methyl sites for hydroxylation is 2. The molecule has 0 unspecified atom stereocenters. The van der Waals surface area contributed by atoms with Gasteiger partial charge < -0.3 is 5.73 Å². The molecule has 0 bridgehead atoms. The molecule has 0 heterocycles. The summed E-state index contributed by atoms with van der Waals surface area (Å²) in [5, 5.41) is 12.8. The highest BCUT2D eigenvalue weighted by atomic mass is 14.7. The van der Waals surface area contributed by atoms with Crippen LogP contribution >= 0.6 is 0 Å². The maximum atomic E-state index is 7.30. The molecule has 114 valence electrons. The van der Waals surface area contributed by atoms with Gasteiger partial charge in [0.05, 0.1) is 12.3 Å². The van der Waals surface area contributed by atoms with Crippen molar-refractivity contribution >= 4 is 11.7 Å². The summed E-state index contributed by atoms with van der Waals surface area (Å²) in [7, 11) is 0. The molecule has 2 aromatic carbocycles. The Labute approximate surface area is 131 Å². The number of nitrogens with one attached hydrogen (secondary N) is 1. The van der Waals surface area contributed by atoms with Crippen molar-refractivity contribution in [3.63, 3.8) is 0 Å². The Balaban J connectivity index is 1.89.